The summed E-state index contributed by atoms with van der Waals surface area (Å²) in [4.78, 5) is 2.25. The fourth-order valence-corrected chi connectivity index (χ4v) is 3.12. The maximum absolute atomic E-state index is 7.87. The van der Waals surface area contributed by atoms with Gasteiger partial charge in [-0.15, -0.1) is 0 Å². The van der Waals surface area contributed by atoms with Crippen molar-refractivity contribution in [3.05, 3.63) is 0 Å². The molecule has 2 nitrogen and oxygen atoms in total. The van der Waals surface area contributed by atoms with Crippen molar-refractivity contribution in [1.82, 2.24) is 4.90 Å². The molecule has 0 spiro atoms. The minimum Gasteiger partial charge on any atom is -0.360 e. The van der Waals surface area contributed by atoms with Gasteiger partial charge in [0.25, 0.3) is 0 Å². The number of hydrogen-bond acceptors (Lipinski definition) is 1. The van der Waals surface area contributed by atoms with E-state index in [-0.39, 0.29) is 0 Å². The van der Waals surface area contributed by atoms with E-state index >= 15 is 0 Å². The molecule has 0 bridgehead atoms. The van der Waals surface area contributed by atoms with Crippen LogP contribution in [0.1, 0.15) is 51.4 Å². The summed E-state index contributed by atoms with van der Waals surface area (Å²) in [6, 6.07) is 0.691. The zero-order chi connectivity index (χ0) is 9.97. The normalized spacial score (nSPS) is 30.8. The first-order valence-electron chi connectivity index (χ1n) is 6.09. The Morgan fingerprint density at radius 3 is 2.50 bits per heavy atom. The molecule has 0 aromatic rings. The second-order valence-electron chi connectivity index (χ2n) is 4.92. The molecule has 2 aliphatic rings. The van der Waals surface area contributed by atoms with Crippen LogP contribution in [-0.4, -0.2) is 23.8 Å². The molecule has 0 radical (unpaired) electrons. The Bertz CT molecular complexity index is 206. The number of likely N-dealkylation sites (tertiary alicyclic amines) is 1. The topological polar surface area (TPSA) is 27.1 Å². The zero-order valence-electron chi connectivity index (χ0n) is 9.26. The summed E-state index contributed by atoms with van der Waals surface area (Å²) < 4.78 is 0. The second-order valence-corrected chi connectivity index (χ2v) is 4.92. The van der Waals surface area contributed by atoms with E-state index in [1.165, 1.54) is 44.9 Å². The average molecular weight is 194 g/mol. The molecular weight excluding hydrogens is 172 g/mol. The van der Waals surface area contributed by atoms with Crippen molar-refractivity contribution in [3.8, 4) is 0 Å². The molecule has 1 unspecified atom stereocenters. The van der Waals surface area contributed by atoms with Gasteiger partial charge in [0.2, 0.25) is 0 Å². The molecule has 1 aliphatic carbocycles. The number of piperidine rings is 1. The van der Waals surface area contributed by atoms with E-state index in [4.69, 9.17) is 5.41 Å². The molecule has 0 amide bonds. The highest BCUT2D eigenvalue weighted by Gasteiger charge is 2.30. The fraction of sp³-hybridized carbons (Fsp3) is 0.917. The minimum absolute atomic E-state index is 0.691. The molecule has 1 heterocycles. The van der Waals surface area contributed by atoms with E-state index in [9.17, 15) is 0 Å². The Hall–Kier alpha value is -0.530. The third kappa shape index (κ3) is 1.94. The Morgan fingerprint density at radius 2 is 1.79 bits per heavy atom. The van der Waals surface area contributed by atoms with Crippen LogP contribution in [0.2, 0.25) is 0 Å². The molecule has 2 fully saturated rings. The molecule has 0 aromatic carbocycles. The zero-order valence-corrected chi connectivity index (χ0v) is 9.26. The van der Waals surface area contributed by atoms with Crippen LogP contribution in [0.5, 0.6) is 0 Å². The van der Waals surface area contributed by atoms with E-state index in [1.54, 1.807) is 0 Å². The van der Waals surface area contributed by atoms with Crippen LogP contribution in [0.15, 0.2) is 0 Å². The summed E-state index contributed by atoms with van der Waals surface area (Å²) >= 11 is 0. The lowest BCUT2D eigenvalue weighted by Crippen LogP contribution is -2.45. The number of amidine groups is 1. The predicted molar refractivity (Wildman–Crippen MR) is 59.7 cm³/mol. The molecule has 1 atom stereocenters. The predicted octanol–water partition coefficient (Wildman–Crippen LogP) is 3.03. The van der Waals surface area contributed by atoms with E-state index in [2.05, 4.69) is 11.9 Å². The van der Waals surface area contributed by atoms with Gasteiger partial charge in [-0.2, -0.15) is 0 Å². The number of nitrogens with zero attached hydrogens (tertiary/aromatic N) is 1. The highest BCUT2D eigenvalue weighted by molar-refractivity contribution is 5.79. The molecule has 1 aliphatic heterocycles. The molecule has 0 aromatic heterocycles. The minimum atomic E-state index is 0.691. The smallest absolute Gasteiger partial charge is 0.0957 e. The van der Waals surface area contributed by atoms with Gasteiger partial charge in [-0.3, -0.25) is 5.41 Å². The van der Waals surface area contributed by atoms with E-state index < -0.39 is 0 Å². The number of nitrogens with one attached hydrogen (secondary N) is 1. The lowest BCUT2D eigenvalue weighted by Gasteiger charge is -2.41. The van der Waals surface area contributed by atoms with Gasteiger partial charge < -0.3 is 4.90 Å². The molecule has 1 saturated heterocycles. The highest BCUT2D eigenvalue weighted by Crippen LogP contribution is 2.33. The van der Waals surface area contributed by atoms with Gasteiger partial charge >= 0.3 is 0 Å². The summed E-state index contributed by atoms with van der Waals surface area (Å²) in [5.74, 6) is 1.75. The fourth-order valence-electron chi connectivity index (χ4n) is 3.12. The van der Waals surface area contributed by atoms with Gasteiger partial charge in [0.1, 0.15) is 0 Å². The van der Waals surface area contributed by atoms with Crippen molar-refractivity contribution in [1.29, 1.82) is 5.41 Å². The van der Waals surface area contributed by atoms with Gasteiger partial charge in [0, 0.05) is 19.5 Å². The average Bonchev–Trinajstić information content (AvgIpc) is 2.23. The summed E-state index contributed by atoms with van der Waals surface area (Å²) in [5.41, 5.74) is 0. The van der Waals surface area contributed by atoms with Crippen LogP contribution < -0.4 is 0 Å². The van der Waals surface area contributed by atoms with E-state index in [0.717, 1.165) is 18.2 Å². The quantitative estimate of drug-likeness (QED) is 0.682. The summed E-state index contributed by atoms with van der Waals surface area (Å²) in [6.45, 7) is 0. The van der Waals surface area contributed by atoms with Crippen molar-refractivity contribution in [3.63, 3.8) is 0 Å². The van der Waals surface area contributed by atoms with Crippen molar-refractivity contribution >= 4 is 5.84 Å². The van der Waals surface area contributed by atoms with Crippen LogP contribution in [0, 0.1) is 11.3 Å². The molecule has 14 heavy (non-hydrogen) atoms. The first-order chi connectivity index (χ1) is 6.79. The van der Waals surface area contributed by atoms with E-state index in [1.807, 2.05) is 0 Å². The second kappa shape index (κ2) is 4.33. The van der Waals surface area contributed by atoms with Crippen LogP contribution in [-0.2, 0) is 0 Å². The summed E-state index contributed by atoms with van der Waals surface area (Å²) in [6.07, 6.45) is 10.6. The molecular formula is C12H22N2. The van der Waals surface area contributed by atoms with Gasteiger partial charge in [-0.05, 0) is 31.6 Å². The summed E-state index contributed by atoms with van der Waals surface area (Å²) in [7, 11) is 2.13. The monoisotopic (exact) mass is 194 g/mol. The lowest BCUT2D eigenvalue weighted by molar-refractivity contribution is 0.176. The molecule has 80 valence electrons. The first-order valence-corrected chi connectivity index (χ1v) is 6.09. The molecule has 2 heteroatoms. The standard InChI is InChI=1S/C12H22N2/c1-14-11(8-5-9-12(14)13)10-6-3-2-4-7-10/h10-11,13H,2-9H2,1H3. The maximum atomic E-state index is 7.87. The van der Waals surface area contributed by atoms with Crippen LogP contribution >= 0.6 is 0 Å². The Labute approximate surface area is 87.2 Å². The van der Waals surface area contributed by atoms with Crippen molar-refractivity contribution in [2.24, 2.45) is 5.92 Å². The molecule has 2 rings (SSSR count). The first kappa shape index (κ1) is 10.0. The van der Waals surface area contributed by atoms with Crippen molar-refractivity contribution in [2.75, 3.05) is 7.05 Å². The maximum Gasteiger partial charge on any atom is 0.0957 e. The van der Waals surface area contributed by atoms with Crippen LogP contribution in [0.4, 0.5) is 0 Å². The lowest BCUT2D eigenvalue weighted by atomic mass is 9.80. The molecule has 1 saturated carbocycles. The van der Waals surface area contributed by atoms with Gasteiger partial charge in [-0.25, -0.2) is 0 Å². The SMILES string of the molecule is CN1C(=N)CCCC1C1CCCCC1. The summed E-state index contributed by atoms with van der Waals surface area (Å²) in [5, 5.41) is 7.87. The Kier molecular flexibility index (Phi) is 3.09. The number of hydrogen-bond donors (Lipinski definition) is 1. The largest absolute Gasteiger partial charge is 0.360 e. The third-order valence-corrected chi connectivity index (χ3v) is 4.03. The molecule has 1 N–H and O–H groups in total. The van der Waals surface area contributed by atoms with Gasteiger partial charge in [0.15, 0.2) is 0 Å². The third-order valence-electron chi connectivity index (χ3n) is 4.03. The Morgan fingerprint density at radius 1 is 1.07 bits per heavy atom. The van der Waals surface area contributed by atoms with Crippen molar-refractivity contribution in [2.45, 2.75) is 57.4 Å². The van der Waals surface area contributed by atoms with Gasteiger partial charge in [-0.1, -0.05) is 19.3 Å². The van der Waals surface area contributed by atoms with Crippen LogP contribution in [0.25, 0.3) is 0 Å². The number of rotatable bonds is 1. The highest BCUT2D eigenvalue weighted by atomic mass is 15.2. The van der Waals surface area contributed by atoms with Crippen molar-refractivity contribution < 1.29 is 0 Å². The van der Waals surface area contributed by atoms with Crippen LogP contribution in [0.3, 0.4) is 0 Å². The Balaban J connectivity index is 1.97. The van der Waals surface area contributed by atoms with Gasteiger partial charge in [0.05, 0.1) is 5.84 Å². The van der Waals surface area contributed by atoms with E-state index in [0.29, 0.717) is 6.04 Å².